The molecule has 0 aromatic rings. The van der Waals surface area contributed by atoms with Crippen molar-refractivity contribution >= 4 is 0 Å². The van der Waals surface area contributed by atoms with Gasteiger partial charge < -0.3 is 10.2 Å². The lowest BCUT2D eigenvalue weighted by atomic mass is 10.3. The van der Waals surface area contributed by atoms with Gasteiger partial charge in [0.2, 0.25) is 0 Å². The molecular weight excluding hydrogens is 138 g/mol. The van der Waals surface area contributed by atoms with Gasteiger partial charge in [0.25, 0.3) is 0 Å². The summed E-state index contributed by atoms with van der Waals surface area (Å²) >= 11 is 0. The summed E-state index contributed by atoms with van der Waals surface area (Å²) in [5.74, 6) is 0. The minimum Gasteiger partial charge on any atom is -0.337 e. The number of piperazine rings is 1. The van der Waals surface area contributed by atoms with Crippen LogP contribution in [-0.2, 0) is 0 Å². The summed E-state index contributed by atoms with van der Waals surface area (Å²) in [5, 5.41) is 10.7. The van der Waals surface area contributed by atoms with Crippen LogP contribution in [0, 0.1) is 11.3 Å². The highest BCUT2D eigenvalue weighted by Gasteiger charge is 2.13. The molecule has 0 unspecified atom stereocenters. The average molecular weight is 155 g/mol. The van der Waals surface area contributed by atoms with E-state index in [0.717, 1.165) is 12.8 Å². The van der Waals surface area contributed by atoms with E-state index in [1.165, 1.54) is 32.7 Å². The first-order valence-electron chi connectivity index (χ1n) is 4.45. The fraction of sp³-hybridized carbons (Fsp3) is 0.875. The van der Waals surface area contributed by atoms with Crippen LogP contribution in [-0.4, -0.2) is 32.7 Å². The van der Waals surface area contributed by atoms with Crippen molar-refractivity contribution in [3.05, 3.63) is 0 Å². The Morgan fingerprint density at radius 3 is 2.73 bits per heavy atom. The Morgan fingerprint density at radius 2 is 2.09 bits per heavy atom. The molecule has 62 valence electrons. The molecule has 0 bridgehead atoms. The maximum atomic E-state index is 8.33. The van der Waals surface area contributed by atoms with Gasteiger partial charge in [-0.3, -0.25) is 0 Å². The minimum absolute atomic E-state index is 0.729. The lowest BCUT2D eigenvalue weighted by Crippen LogP contribution is -3.20. The lowest BCUT2D eigenvalue weighted by Gasteiger charge is -2.21. The van der Waals surface area contributed by atoms with Crippen molar-refractivity contribution in [3.63, 3.8) is 0 Å². The molecule has 0 radical (unpaired) electrons. The summed E-state index contributed by atoms with van der Waals surface area (Å²) in [7, 11) is 0. The Morgan fingerprint density at radius 1 is 1.36 bits per heavy atom. The zero-order valence-corrected chi connectivity index (χ0v) is 6.97. The predicted molar refractivity (Wildman–Crippen MR) is 42.1 cm³/mol. The SMILES string of the molecule is N#CCCC[NH+]1CC[NH2+]CC1. The number of hydrogen-bond donors (Lipinski definition) is 2. The van der Waals surface area contributed by atoms with E-state index in [-0.39, 0.29) is 0 Å². The summed E-state index contributed by atoms with van der Waals surface area (Å²) in [6.45, 7) is 6.29. The molecule has 1 heterocycles. The van der Waals surface area contributed by atoms with E-state index in [1.54, 1.807) is 4.90 Å². The van der Waals surface area contributed by atoms with Crippen LogP contribution in [0.5, 0.6) is 0 Å². The van der Waals surface area contributed by atoms with E-state index < -0.39 is 0 Å². The smallest absolute Gasteiger partial charge is 0.127 e. The molecule has 1 fully saturated rings. The van der Waals surface area contributed by atoms with Crippen molar-refractivity contribution in [2.45, 2.75) is 12.8 Å². The first-order valence-corrected chi connectivity index (χ1v) is 4.45. The van der Waals surface area contributed by atoms with Crippen LogP contribution in [0.15, 0.2) is 0 Å². The first kappa shape index (κ1) is 8.51. The fourth-order valence-corrected chi connectivity index (χ4v) is 1.55. The van der Waals surface area contributed by atoms with Crippen LogP contribution in [0.1, 0.15) is 12.8 Å². The Bertz CT molecular complexity index is 133. The molecular formula is C8H17N3+2. The van der Waals surface area contributed by atoms with Gasteiger partial charge in [0.1, 0.15) is 26.2 Å². The molecule has 1 aliphatic rings. The second-order valence-corrected chi connectivity index (χ2v) is 3.13. The standard InChI is InChI=1S/C8H15N3/c9-3-1-2-6-11-7-4-10-5-8-11/h10H,1-2,4-8H2/p+2. The highest BCUT2D eigenvalue weighted by molar-refractivity contribution is 4.67. The number of nitrogens with zero attached hydrogens (tertiary/aromatic N) is 1. The number of quaternary nitrogens is 2. The van der Waals surface area contributed by atoms with E-state index in [1.807, 2.05) is 0 Å². The van der Waals surface area contributed by atoms with Crippen molar-refractivity contribution in [3.8, 4) is 6.07 Å². The summed E-state index contributed by atoms with van der Waals surface area (Å²) < 4.78 is 0. The van der Waals surface area contributed by atoms with E-state index in [0.29, 0.717) is 0 Å². The number of nitrogens with one attached hydrogen (secondary N) is 1. The van der Waals surface area contributed by atoms with Gasteiger partial charge in [0, 0.05) is 12.8 Å². The molecule has 0 amide bonds. The van der Waals surface area contributed by atoms with Gasteiger partial charge in [-0.2, -0.15) is 5.26 Å². The number of hydrogen-bond acceptors (Lipinski definition) is 1. The maximum Gasteiger partial charge on any atom is 0.127 e. The molecule has 1 rings (SSSR count). The van der Waals surface area contributed by atoms with Gasteiger partial charge >= 0.3 is 0 Å². The van der Waals surface area contributed by atoms with Gasteiger partial charge in [0.15, 0.2) is 0 Å². The highest BCUT2D eigenvalue weighted by atomic mass is 15.2. The summed E-state index contributed by atoms with van der Waals surface area (Å²) in [4.78, 5) is 1.68. The monoisotopic (exact) mass is 155 g/mol. The Labute approximate surface area is 68.0 Å². The average Bonchev–Trinajstić information content (AvgIpc) is 2.07. The number of nitriles is 1. The second kappa shape index (κ2) is 5.11. The van der Waals surface area contributed by atoms with E-state index in [2.05, 4.69) is 11.4 Å². The second-order valence-electron chi connectivity index (χ2n) is 3.13. The third-order valence-corrected chi connectivity index (χ3v) is 2.22. The fourth-order valence-electron chi connectivity index (χ4n) is 1.55. The van der Waals surface area contributed by atoms with Crippen LogP contribution in [0.2, 0.25) is 0 Å². The van der Waals surface area contributed by atoms with Crippen molar-refractivity contribution < 1.29 is 10.2 Å². The van der Waals surface area contributed by atoms with Gasteiger partial charge in [-0.05, 0) is 0 Å². The minimum atomic E-state index is 0.729. The molecule has 0 atom stereocenters. The van der Waals surface area contributed by atoms with Crippen LogP contribution >= 0.6 is 0 Å². The lowest BCUT2D eigenvalue weighted by molar-refractivity contribution is -0.946. The normalized spacial score (nSPS) is 19.5. The molecule has 0 spiro atoms. The van der Waals surface area contributed by atoms with E-state index >= 15 is 0 Å². The summed E-state index contributed by atoms with van der Waals surface area (Å²) in [6, 6.07) is 2.19. The van der Waals surface area contributed by atoms with E-state index in [4.69, 9.17) is 5.26 Å². The first-order chi connectivity index (χ1) is 5.43. The third-order valence-electron chi connectivity index (χ3n) is 2.22. The summed E-state index contributed by atoms with van der Waals surface area (Å²) in [6.07, 6.45) is 1.80. The van der Waals surface area contributed by atoms with Crippen molar-refractivity contribution in [2.24, 2.45) is 0 Å². The molecule has 3 nitrogen and oxygen atoms in total. The number of unbranched alkanes of at least 4 members (excludes halogenated alkanes) is 1. The molecule has 11 heavy (non-hydrogen) atoms. The van der Waals surface area contributed by atoms with Gasteiger partial charge in [-0.15, -0.1) is 0 Å². The van der Waals surface area contributed by atoms with Gasteiger partial charge in [-0.25, -0.2) is 0 Å². The van der Waals surface area contributed by atoms with Crippen molar-refractivity contribution in [1.82, 2.24) is 0 Å². The Kier molecular flexibility index (Phi) is 3.95. The molecule has 0 saturated carbocycles. The number of nitrogens with two attached hydrogens (primary N) is 1. The van der Waals surface area contributed by atoms with Gasteiger partial charge in [0.05, 0.1) is 12.6 Å². The summed E-state index contributed by atoms with van der Waals surface area (Å²) in [5.41, 5.74) is 0. The largest absolute Gasteiger partial charge is 0.337 e. The van der Waals surface area contributed by atoms with E-state index in [9.17, 15) is 0 Å². The topological polar surface area (TPSA) is 44.8 Å². The maximum absolute atomic E-state index is 8.33. The zero-order valence-electron chi connectivity index (χ0n) is 6.97. The number of rotatable bonds is 3. The van der Waals surface area contributed by atoms with Crippen LogP contribution in [0.4, 0.5) is 0 Å². The van der Waals surface area contributed by atoms with Crippen LogP contribution < -0.4 is 10.2 Å². The van der Waals surface area contributed by atoms with Crippen LogP contribution in [0.3, 0.4) is 0 Å². The molecule has 1 saturated heterocycles. The Hall–Kier alpha value is -0.590. The predicted octanol–water partition coefficient (Wildman–Crippen LogP) is -2.25. The third kappa shape index (κ3) is 3.35. The van der Waals surface area contributed by atoms with Crippen molar-refractivity contribution in [1.29, 1.82) is 5.26 Å². The zero-order chi connectivity index (χ0) is 7.94. The molecule has 0 aromatic heterocycles. The quantitative estimate of drug-likeness (QED) is 0.444. The molecule has 0 aromatic carbocycles. The Balaban J connectivity index is 2.01. The van der Waals surface area contributed by atoms with Gasteiger partial charge in [-0.1, -0.05) is 0 Å². The molecule has 3 heteroatoms. The van der Waals surface area contributed by atoms with Crippen molar-refractivity contribution in [2.75, 3.05) is 32.7 Å². The highest BCUT2D eigenvalue weighted by Crippen LogP contribution is 1.79. The molecule has 0 aliphatic carbocycles. The molecule has 3 N–H and O–H groups in total. The van der Waals surface area contributed by atoms with Crippen LogP contribution in [0.25, 0.3) is 0 Å². The molecule has 1 aliphatic heterocycles.